The lowest BCUT2D eigenvalue weighted by atomic mass is 10.1. The highest BCUT2D eigenvalue weighted by Gasteiger charge is 2.37. The Morgan fingerprint density at radius 2 is 1.72 bits per heavy atom. The molecule has 3 aromatic heterocycles. The third-order valence-electron chi connectivity index (χ3n) is 3.96. The van der Waals surface area contributed by atoms with Crippen molar-refractivity contribution in [2.45, 2.75) is 39.5 Å². The highest BCUT2D eigenvalue weighted by Crippen LogP contribution is 2.27. The third kappa shape index (κ3) is 4.47. The number of halogens is 3. The van der Waals surface area contributed by atoms with Gasteiger partial charge in [-0.2, -0.15) is 33.1 Å². The van der Waals surface area contributed by atoms with Crippen LogP contribution in [0.15, 0.2) is 0 Å². The van der Waals surface area contributed by atoms with Gasteiger partial charge in [0.1, 0.15) is 0 Å². The lowest BCUT2D eigenvalue weighted by molar-refractivity contribution is -0.145. The fraction of sp³-hybridized carbons (Fsp3) is 0.400. The number of aryl methyl sites for hydroxylation is 2. The lowest BCUT2D eigenvalue weighted by Crippen LogP contribution is -2.13. The summed E-state index contributed by atoms with van der Waals surface area (Å²) in [6.07, 6.45) is -4.55. The van der Waals surface area contributed by atoms with E-state index in [4.69, 9.17) is 16.2 Å². The van der Waals surface area contributed by atoms with Gasteiger partial charge in [-0.1, -0.05) is 0 Å². The molecule has 3 heterocycles. The van der Waals surface area contributed by atoms with E-state index < -0.39 is 18.0 Å². The summed E-state index contributed by atoms with van der Waals surface area (Å²) in [5, 5.41) is 3.46. The molecule has 0 bridgehead atoms. The van der Waals surface area contributed by atoms with E-state index in [9.17, 15) is 18.0 Å². The van der Waals surface area contributed by atoms with Crippen molar-refractivity contribution < 1.29 is 22.7 Å². The van der Waals surface area contributed by atoms with Gasteiger partial charge in [-0.3, -0.25) is 4.79 Å². The molecule has 154 valence electrons. The Balaban J connectivity index is 1.70. The van der Waals surface area contributed by atoms with Crippen LogP contribution < -0.4 is 11.5 Å². The van der Waals surface area contributed by atoms with Gasteiger partial charge in [0.05, 0.1) is 0 Å². The number of rotatable bonds is 5. The molecule has 3 rings (SSSR count). The van der Waals surface area contributed by atoms with Gasteiger partial charge in [0, 0.05) is 17.8 Å². The molecule has 0 aromatic carbocycles. The average molecular weight is 411 g/mol. The highest BCUT2D eigenvalue weighted by molar-refractivity contribution is 5.69. The molecule has 0 aliphatic carbocycles. The number of hydrogen-bond acceptors (Lipinski definition) is 10. The van der Waals surface area contributed by atoms with E-state index in [0.29, 0.717) is 17.0 Å². The van der Waals surface area contributed by atoms with Gasteiger partial charge in [-0.25, -0.2) is 9.50 Å². The fourth-order valence-corrected chi connectivity index (χ4v) is 2.66. The molecule has 0 amide bonds. The zero-order chi connectivity index (χ0) is 21.3. The molecular weight excluding hydrogens is 395 g/mol. The summed E-state index contributed by atoms with van der Waals surface area (Å²) in [4.78, 5) is 30.6. The second kappa shape index (κ2) is 7.44. The maximum Gasteiger partial charge on any atom is 0.453 e. The number of ether oxygens (including phenoxy) is 1. The molecule has 29 heavy (non-hydrogen) atoms. The number of aromatic nitrogens is 7. The van der Waals surface area contributed by atoms with Crippen LogP contribution in [0.2, 0.25) is 0 Å². The molecule has 0 fully saturated rings. The summed E-state index contributed by atoms with van der Waals surface area (Å²) in [6.45, 7) is 2.95. The SMILES string of the molecule is Cc1nc2nc(C(F)(F)F)nn2c(C)c1CCC(=O)OCc1nc(N)nc(N)n1. The van der Waals surface area contributed by atoms with Gasteiger partial charge in [0.15, 0.2) is 12.4 Å². The van der Waals surface area contributed by atoms with Crippen molar-refractivity contribution in [3.63, 3.8) is 0 Å². The third-order valence-corrected chi connectivity index (χ3v) is 3.96. The van der Waals surface area contributed by atoms with Gasteiger partial charge >= 0.3 is 12.1 Å². The zero-order valence-corrected chi connectivity index (χ0v) is 15.4. The topological polar surface area (TPSA) is 160 Å². The number of hydrogen-bond donors (Lipinski definition) is 2. The van der Waals surface area contributed by atoms with Gasteiger partial charge in [0.25, 0.3) is 11.6 Å². The van der Waals surface area contributed by atoms with E-state index in [2.05, 4.69) is 30.0 Å². The molecule has 3 aromatic rings. The number of esters is 1. The molecule has 0 aliphatic rings. The second-order valence-corrected chi connectivity index (χ2v) is 6.03. The first-order valence-corrected chi connectivity index (χ1v) is 8.26. The van der Waals surface area contributed by atoms with E-state index in [1.165, 1.54) is 0 Å². The summed E-state index contributed by atoms with van der Waals surface area (Å²) >= 11 is 0. The van der Waals surface area contributed by atoms with Gasteiger partial charge in [-0.05, 0) is 25.8 Å². The number of nitrogens with two attached hydrogens (primary N) is 2. The van der Waals surface area contributed by atoms with Crippen LogP contribution in [-0.4, -0.2) is 40.5 Å². The summed E-state index contributed by atoms with van der Waals surface area (Å²) in [5.41, 5.74) is 12.3. The summed E-state index contributed by atoms with van der Waals surface area (Å²) < 4.78 is 44.6. The van der Waals surface area contributed by atoms with Crippen LogP contribution >= 0.6 is 0 Å². The molecule has 0 saturated heterocycles. The predicted octanol–water partition coefficient (Wildman–Crippen LogP) is 0.785. The normalized spacial score (nSPS) is 11.8. The number of nitrogen functional groups attached to an aromatic ring is 2. The first-order valence-electron chi connectivity index (χ1n) is 8.26. The van der Waals surface area contributed by atoms with Gasteiger partial charge in [-0.15, -0.1) is 5.10 Å². The monoisotopic (exact) mass is 411 g/mol. The molecule has 0 radical (unpaired) electrons. The first kappa shape index (κ1) is 20.2. The number of carbonyl (C=O) groups excluding carboxylic acids is 1. The minimum absolute atomic E-state index is 0.0499. The first-order chi connectivity index (χ1) is 13.5. The Morgan fingerprint density at radius 1 is 1.07 bits per heavy atom. The molecule has 4 N–H and O–H groups in total. The van der Waals surface area contributed by atoms with E-state index in [1.54, 1.807) is 13.8 Å². The van der Waals surface area contributed by atoms with E-state index in [-0.39, 0.29) is 42.9 Å². The summed E-state index contributed by atoms with van der Waals surface area (Å²) in [7, 11) is 0. The van der Waals surface area contributed by atoms with Crippen molar-refractivity contribution in [3.8, 4) is 0 Å². The van der Waals surface area contributed by atoms with Crippen molar-refractivity contribution in [1.29, 1.82) is 0 Å². The van der Waals surface area contributed by atoms with Crippen molar-refractivity contribution in [3.05, 3.63) is 28.6 Å². The Labute approximate surface area is 161 Å². The lowest BCUT2D eigenvalue weighted by Gasteiger charge is -2.10. The second-order valence-electron chi connectivity index (χ2n) is 6.03. The number of nitrogens with zero attached hydrogens (tertiary/aromatic N) is 7. The van der Waals surface area contributed by atoms with Crippen LogP contribution in [0.5, 0.6) is 0 Å². The zero-order valence-electron chi connectivity index (χ0n) is 15.4. The molecule has 14 heteroatoms. The van der Waals surface area contributed by atoms with E-state index in [1.807, 2.05) is 0 Å². The number of anilines is 2. The molecule has 0 atom stereocenters. The quantitative estimate of drug-likeness (QED) is 0.574. The molecule has 0 unspecified atom stereocenters. The number of carbonyl (C=O) groups is 1. The molecule has 0 saturated carbocycles. The van der Waals surface area contributed by atoms with Gasteiger partial charge in [0.2, 0.25) is 11.9 Å². The van der Waals surface area contributed by atoms with Gasteiger partial charge < -0.3 is 16.2 Å². The molecular formula is C15H16F3N9O2. The highest BCUT2D eigenvalue weighted by atomic mass is 19.4. The largest absolute Gasteiger partial charge is 0.457 e. The molecule has 11 nitrogen and oxygen atoms in total. The smallest absolute Gasteiger partial charge is 0.453 e. The van der Waals surface area contributed by atoms with Crippen LogP contribution in [0.4, 0.5) is 25.1 Å². The van der Waals surface area contributed by atoms with Crippen LogP contribution in [0.1, 0.15) is 35.0 Å². The maximum absolute atomic E-state index is 12.8. The van der Waals surface area contributed by atoms with Crippen LogP contribution in [-0.2, 0) is 28.7 Å². The molecule has 0 aliphatic heterocycles. The summed E-state index contributed by atoms with van der Waals surface area (Å²) in [5.74, 6) is -2.11. The predicted molar refractivity (Wildman–Crippen MR) is 92.0 cm³/mol. The van der Waals surface area contributed by atoms with Crippen molar-refractivity contribution in [2.75, 3.05) is 11.5 Å². The van der Waals surface area contributed by atoms with Crippen molar-refractivity contribution in [1.82, 2.24) is 34.5 Å². The Hall–Kier alpha value is -3.58. The maximum atomic E-state index is 12.8. The Morgan fingerprint density at radius 3 is 2.34 bits per heavy atom. The number of alkyl halides is 3. The molecule has 0 spiro atoms. The summed E-state index contributed by atoms with van der Waals surface area (Å²) in [6, 6.07) is 0. The Bertz CT molecular complexity index is 1060. The Kier molecular flexibility index (Phi) is 5.18. The minimum Gasteiger partial charge on any atom is -0.457 e. The standard InChI is InChI=1S/C15H16F3N9O2/c1-6-8(7(2)27-14(21-6)24-11(26-27)15(16,17)18)3-4-10(28)29-5-9-22-12(19)25-13(20)23-9/h3-5H2,1-2H3,(H4,19,20,22,23,25). The van der Waals surface area contributed by atoms with Crippen molar-refractivity contribution >= 4 is 23.6 Å². The van der Waals surface area contributed by atoms with E-state index >= 15 is 0 Å². The minimum atomic E-state index is -4.68. The van der Waals surface area contributed by atoms with Crippen LogP contribution in [0.25, 0.3) is 5.78 Å². The fourth-order valence-electron chi connectivity index (χ4n) is 2.66. The average Bonchev–Trinajstić information content (AvgIpc) is 3.03. The van der Waals surface area contributed by atoms with E-state index in [0.717, 1.165) is 4.52 Å². The van der Waals surface area contributed by atoms with Crippen LogP contribution in [0.3, 0.4) is 0 Å². The number of fused-ring (bicyclic) bond motifs is 1. The van der Waals surface area contributed by atoms with Crippen molar-refractivity contribution in [2.24, 2.45) is 0 Å². The van der Waals surface area contributed by atoms with Crippen LogP contribution in [0, 0.1) is 13.8 Å².